The molecule has 0 heterocycles. The zero-order valence-electron chi connectivity index (χ0n) is 11.7. The molecule has 0 aliphatic rings. The Kier molecular flexibility index (Phi) is 4.52. The van der Waals surface area contributed by atoms with Crippen molar-refractivity contribution in [2.75, 3.05) is 5.32 Å². The van der Waals surface area contributed by atoms with Crippen molar-refractivity contribution >= 4 is 11.6 Å². The Labute approximate surface area is 121 Å². The molecule has 3 nitrogen and oxygen atoms in total. The van der Waals surface area contributed by atoms with Crippen LogP contribution >= 0.6 is 0 Å². The van der Waals surface area contributed by atoms with Crippen molar-refractivity contribution < 1.29 is 18.3 Å². The summed E-state index contributed by atoms with van der Waals surface area (Å²) in [6.07, 6.45) is -0.810. The summed E-state index contributed by atoms with van der Waals surface area (Å²) in [7, 11) is 0. The normalized spacial score (nSPS) is 11.8. The van der Waals surface area contributed by atoms with Crippen LogP contribution in [0.1, 0.15) is 12.5 Å². The van der Waals surface area contributed by atoms with Crippen LogP contribution in [0.3, 0.4) is 0 Å². The number of para-hydroxylation sites is 1. The Morgan fingerprint density at radius 3 is 2.57 bits per heavy atom. The number of hydrogen-bond donors (Lipinski definition) is 1. The van der Waals surface area contributed by atoms with Crippen molar-refractivity contribution in [2.45, 2.75) is 20.0 Å². The van der Waals surface area contributed by atoms with Gasteiger partial charge in [-0.2, -0.15) is 0 Å². The maximum Gasteiger partial charge on any atom is 0.265 e. The maximum atomic E-state index is 13.5. The van der Waals surface area contributed by atoms with Gasteiger partial charge in [0.1, 0.15) is 17.4 Å². The number of benzene rings is 2. The van der Waals surface area contributed by atoms with Gasteiger partial charge in [-0.15, -0.1) is 0 Å². The van der Waals surface area contributed by atoms with E-state index in [4.69, 9.17) is 4.74 Å². The number of aryl methyl sites for hydroxylation is 1. The third-order valence-corrected chi connectivity index (χ3v) is 2.96. The van der Waals surface area contributed by atoms with Gasteiger partial charge >= 0.3 is 0 Å². The zero-order chi connectivity index (χ0) is 15.4. The summed E-state index contributed by atoms with van der Waals surface area (Å²) in [5, 5.41) is 2.37. The lowest BCUT2D eigenvalue weighted by atomic mass is 10.2. The molecule has 0 fully saturated rings. The van der Waals surface area contributed by atoms with Crippen LogP contribution in [0.5, 0.6) is 5.75 Å². The van der Waals surface area contributed by atoms with Gasteiger partial charge in [0, 0.05) is 6.07 Å². The van der Waals surface area contributed by atoms with E-state index >= 15 is 0 Å². The van der Waals surface area contributed by atoms with Crippen LogP contribution in [0.2, 0.25) is 0 Å². The summed E-state index contributed by atoms with van der Waals surface area (Å²) in [5.74, 6) is -1.45. The molecule has 5 heteroatoms. The van der Waals surface area contributed by atoms with Gasteiger partial charge < -0.3 is 10.1 Å². The molecule has 0 saturated heterocycles. The fourth-order valence-electron chi connectivity index (χ4n) is 1.76. The van der Waals surface area contributed by atoms with Gasteiger partial charge in [-0.05, 0) is 37.6 Å². The van der Waals surface area contributed by atoms with Crippen molar-refractivity contribution in [3.05, 3.63) is 59.7 Å². The van der Waals surface area contributed by atoms with Gasteiger partial charge in [0.05, 0.1) is 5.69 Å². The van der Waals surface area contributed by atoms with Crippen LogP contribution in [0.25, 0.3) is 0 Å². The Bertz CT molecular complexity index is 658. The van der Waals surface area contributed by atoms with Crippen LogP contribution in [-0.2, 0) is 4.79 Å². The van der Waals surface area contributed by atoms with E-state index in [1.165, 1.54) is 6.07 Å². The molecular weight excluding hydrogens is 276 g/mol. The zero-order valence-corrected chi connectivity index (χ0v) is 11.7. The molecule has 1 N–H and O–H groups in total. The van der Waals surface area contributed by atoms with Crippen molar-refractivity contribution in [2.24, 2.45) is 0 Å². The Hall–Kier alpha value is -2.43. The first-order valence-electron chi connectivity index (χ1n) is 6.45. The van der Waals surface area contributed by atoms with E-state index in [9.17, 15) is 13.6 Å². The van der Waals surface area contributed by atoms with Gasteiger partial charge in [0.25, 0.3) is 5.91 Å². The van der Waals surface area contributed by atoms with Crippen molar-refractivity contribution in [1.82, 2.24) is 0 Å². The molecule has 21 heavy (non-hydrogen) atoms. The minimum Gasteiger partial charge on any atom is -0.481 e. The Morgan fingerprint density at radius 1 is 1.19 bits per heavy atom. The molecule has 1 atom stereocenters. The smallest absolute Gasteiger partial charge is 0.265 e. The number of rotatable bonds is 4. The predicted octanol–water partition coefficient (Wildman–Crippen LogP) is 3.68. The highest BCUT2D eigenvalue weighted by atomic mass is 19.1. The first-order valence-corrected chi connectivity index (χ1v) is 6.45. The van der Waals surface area contributed by atoms with Crippen LogP contribution in [0.15, 0.2) is 42.5 Å². The second-order valence-corrected chi connectivity index (χ2v) is 4.64. The fourth-order valence-corrected chi connectivity index (χ4v) is 1.76. The number of amides is 1. The van der Waals surface area contributed by atoms with E-state index in [0.717, 1.165) is 11.6 Å². The number of carbonyl (C=O) groups is 1. The average molecular weight is 291 g/mol. The molecule has 2 rings (SSSR count). The average Bonchev–Trinajstić information content (AvgIpc) is 2.44. The maximum absolute atomic E-state index is 13.5. The topological polar surface area (TPSA) is 38.3 Å². The number of carbonyl (C=O) groups excluding carboxylic acids is 1. The molecule has 1 unspecified atom stereocenters. The minimum atomic E-state index is -0.827. The highest BCUT2D eigenvalue weighted by molar-refractivity contribution is 5.94. The quantitative estimate of drug-likeness (QED) is 0.933. The summed E-state index contributed by atoms with van der Waals surface area (Å²) in [4.78, 5) is 12.0. The van der Waals surface area contributed by atoms with Gasteiger partial charge in [-0.3, -0.25) is 4.79 Å². The van der Waals surface area contributed by atoms with Gasteiger partial charge in [-0.25, -0.2) is 8.78 Å². The Morgan fingerprint density at radius 2 is 1.90 bits per heavy atom. The van der Waals surface area contributed by atoms with E-state index in [1.54, 1.807) is 19.1 Å². The second kappa shape index (κ2) is 6.35. The molecule has 0 saturated carbocycles. The van der Waals surface area contributed by atoms with E-state index in [2.05, 4.69) is 5.32 Å². The van der Waals surface area contributed by atoms with Crippen LogP contribution < -0.4 is 10.1 Å². The summed E-state index contributed by atoms with van der Waals surface area (Å²) >= 11 is 0. The number of halogens is 2. The first kappa shape index (κ1) is 15.0. The lowest BCUT2D eigenvalue weighted by Crippen LogP contribution is -2.30. The lowest BCUT2D eigenvalue weighted by molar-refractivity contribution is -0.122. The molecule has 110 valence electrons. The minimum absolute atomic E-state index is 0.0818. The fraction of sp³-hybridized carbons (Fsp3) is 0.188. The van der Waals surface area contributed by atoms with Gasteiger partial charge in [0.2, 0.25) is 0 Å². The molecule has 0 radical (unpaired) electrons. The van der Waals surface area contributed by atoms with Gasteiger partial charge in [-0.1, -0.05) is 18.2 Å². The SMILES string of the molecule is Cc1ccccc1OC(C)C(=O)Nc1ccc(F)cc1F. The van der Waals surface area contributed by atoms with Gasteiger partial charge in [0.15, 0.2) is 6.10 Å². The van der Waals surface area contributed by atoms with Crippen LogP contribution in [0.4, 0.5) is 14.5 Å². The van der Waals surface area contributed by atoms with E-state index in [-0.39, 0.29) is 5.69 Å². The molecule has 0 aliphatic heterocycles. The lowest BCUT2D eigenvalue weighted by Gasteiger charge is -2.16. The number of anilines is 1. The summed E-state index contributed by atoms with van der Waals surface area (Å²) in [6.45, 7) is 3.42. The Balaban J connectivity index is 2.04. The molecular formula is C16H15F2NO2. The summed E-state index contributed by atoms with van der Waals surface area (Å²) < 4.78 is 31.8. The molecule has 0 aliphatic carbocycles. The molecule has 0 bridgehead atoms. The number of hydrogen-bond acceptors (Lipinski definition) is 2. The van der Waals surface area contributed by atoms with E-state index in [0.29, 0.717) is 11.8 Å². The third-order valence-electron chi connectivity index (χ3n) is 2.96. The molecule has 0 spiro atoms. The molecule has 2 aromatic carbocycles. The standard InChI is InChI=1S/C16H15F2NO2/c1-10-5-3-4-6-15(10)21-11(2)16(20)19-14-8-7-12(17)9-13(14)18/h3-9,11H,1-2H3,(H,19,20). The van der Waals surface area contributed by atoms with E-state index < -0.39 is 23.6 Å². The monoisotopic (exact) mass is 291 g/mol. The molecule has 2 aromatic rings. The largest absolute Gasteiger partial charge is 0.481 e. The van der Waals surface area contributed by atoms with E-state index in [1.807, 2.05) is 19.1 Å². The van der Waals surface area contributed by atoms with Crippen molar-refractivity contribution in [3.63, 3.8) is 0 Å². The highest BCUT2D eigenvalue weighted by Gasteiger charge is 2.17. The predicted molar refractivity (Wildman–Crippen MR) is 76.3 cm³/mol. The second-order valence-electron chi connectivity index (χ2n) is 4.64. The first-order chi connectivity index (χ1) is 9.97. The molecule has 0 aromatic heterocycles. The van der Waals surface area contributed by atoms with Crippen molar-refractivity contribution in [1.29, 1.82) is 0 Å². The summed E-state index contributed by atoms with van der Waals surface area (Å²) in [6, 6.07) is 10.2. The number of nitrogens with one attached hydrogen (secondary N) is 1. The number of ether oxygens (including phenoxy) is 1. The van der Waals surface area contributed by atoms with Crippen LogP contribution in [-0.4, -0.2) is 12.0 Å². The highest BCUT2D eigenvalue weighted by Crippen LogP contribution is 2.19. The molecule has 1 amide bonds. The van der Waals surface area contributed by atoms with Crippen LogP contribution in [0, 0.1) is 18.6 Å². The summed E-state index contributed by atoms with van der Waals surface area (Å²) in [5.41, 5.74) is 0.812. The third kappa shape index (κ3) is 3.78. The van der Waals surface area contributed by atoms with Crippen molar-refractivity contribution in [3.8, 4) is 5.75 Å².